The van der Waals surface area contributed by atoms with E-state index in [1.165, 1.54) is 0 Å². The van der Waals surface area contributed by atoms with Crippen molar-refractivity contribution in [2.75, 3.05) is 0 Å². The molecule has 1 aromatic carbocycles. The van der Waals surface area contributed by atoms with E-state index in [9.17, 15) is 4.79 Å². The number of carbonyl (C=O) groups is 1. The number of fused-ring (bicyclic) bond motifs is 1. The molecular formula is C19H20N2O2. The minimum absolute atomic E-state index is 0.0426. The molecule has 118 valence electrons. The Morgan fingerprint density at radius 3 is 2.70 bits per heavy atom. The molecule has 23 heavy (non-hydrogen) atoms. The van der Waals surface area contributed by atoms with Gasteiger partial charge in [-0.2, -0.15) is 0 Å². The van der Waals surface area contributed by atoms with Crippen molar-refractivity contribution in [1.29, 1.82) is 0 Å². The quantitative estimate of drug-likeness (QED) is 0.794. The number of aromatic nitrogens is 1. The van der Waals surface area contributed by atoms with Gasteiger partial charge in [-0.15, -0.1) is 0 Å². The lowest BCUT2D eigenvalue weighted by Gasteiger charge is -2.19. The van der Waals surface area contributed by atoms with Gasteiger partial charge in [0, 0.05) is 17.1 Å². The van der Waals surface area contributed by atoms with Crippen LogP contribution in [0.5, 0.6) is 0 Å². The maximum atomic E-state index is 12.5. The van der Waals surface area contributed by atoms with E-state index in [0.717, 1.165) is 22.2 Å². The lowest BCUT2D eigenvalue weighted by molar-refractivity contribution is 0.0952. The first-order valence-corrected chi connectivity index (χ1v) is 7.65. The molecule has 3 aromatic rings. The van der Waals surface area contributed by atoms with Crippen LogP contribution in [0.4, 0.5) is 0 Å². The number of pyridine rings is 1. The van der Waals surface area contributed by atoms with E-state index < -0.39 is 0 Å². The number of nitrogens with zero attached hydrogens (tertiary/aromatic N) is 1. The summed E-state index contributed by atoms with van der Waals surface area (Å²) in [5.41, 5.74) is 3.29. The predicted octanol–water partition coefficient (Wildman–Crippen LogP) is 4.06. The zero-order valence-corrected chi connectivity index (χ0v) is 13.6. The van der Waals surface area contributed by atoms with E-state index in [2.05, 4.69) is 31.1 Å². The standard InChI is InChI=1S/C19H20N2O2/c1-19(2,3)16-8-7-15(14-9-11-23-17(14)16)18(22)21-12-13-6-4-5-10-20-13/h4-11H,12H2,1-3H3,(H,21,22). The largest absolute Gasteiger partial charge is 0.464 e. The Morgan fingerprint density at radius 2 is 2.00 bits per heavy atom. The van der Waals surface area contributed by atoms with Crippen LogP contribution < -0.4 is 5.32 Å². The molecule has 0 unspecified atom stereocenters. The molecule has 0 fully saturated rings. The van der Waals surface area contributed by atoms with Gasteiger partial charge in [0.25, 0.3) is 5.91 Å². The first-order valence-electron chi connectivity index (χ1n) is 7.65. The smallest absolute Gasteiger partial charge is 0.252 e. The lowest BCUT2D eigenvalue weighted by atomic mass is 9.85. The highest BCUT2D eigenvalue weighted by Crippen LogP contribution is 2.32. The summed E-state index contributed by atoms with van der Waals surface area (Å²) in [6.07, 6.45) is 3.35. The second-order valence-corrected chi connectivity index (χ2v) is 6.58. The van der Waals surface area contributed by atoms with E-state index in [1.807, 2.05) is 36.4 Å². The number of carbonyl (C=O) groups excluding carboxylic acids is 1. The van der Waals surface area contributed by atoms with Gasteiger partial charge in [0.1, 0.15) is 5.58 Å². The zero-order valence-electron chi connectivity index (χ0n) is 13.6. The van der Waals surface area contributed by atoms with Gasteiger partial charge in [0.2, 0.25) is 0 Å². The van der Waals surface area contributed by atoms with Crippen LogP contribution in [0, 0.1) is 0 Å². The Kier molecular flexibility index (Phi) is 3.90. The molecule has 0 saturated carbocycles. The molecule has 3 rings (SSSR count). The number of amides is 1. The highest BCUT2D eigenvalue weighted by Gasteiger charge is 2.22. The maximum Gasteiger partial charge on any atom is 0.252 e. The monoisotopic (exact) mass is 308 g/mol. The van der Waals surface area contributed by atoms with E-state index >= 15 is 0 Å². The van der Waals surface area contributed by atoms with Crippen molar-refractivity contribution in [3.8, 4) is 0 Å². The van der Waals surface area contributed by atoms with Gasteiger partial charge in [-0.05, 0) is 29.7 Å². The average molecular weight is 308 g/mol. The van der Waals surface area contributed by atoms with Crippen molar-refractivity contribution in [3.05, 3.63) is 65.7 Å². The van der Waals surface area contributed by atoms with Crippen LogP contribution in [0.3, 0.4) is 0 Å². The molecule has 1 amide bonds. The van der Waals surface area contributed by atoms with Gasteiger partial charge >= 0.3 is 0 Å². The topological polar surface area (TPSA) is 55.1 Å². The predicted molar refractivity (Wildman–Crippen MR) is 90.3 cm³/mol. The lowest BCUT2D eigenvalue weighted by Crippen LogP contribution is -2.23. The van der Waals surface area contributed by atoms with E-state index in [1.54, 1.807) is 12.5 Å². The van der Waals surface area contributed by atoms with Crippen LogP contribution >= 0.6 is 0 Å². The van der Waals surface area contributed by atoms with Crippen LogP contribution in [-0.2, 0) is 12.0 Å². The minimum atomic E-state index is -0.123. The number of rotatable bonds is 3. The molecule has 2 aromatic heterocycles. The zero-order chi connectivity index (χ0) is 16.4. The summed E-state index contributed by atoms with van der Waals surface area (Å²) in [5, 5.41) is 3.76. The van der Waals surface area contributed by atoms with Crippen LogP contribution in [0.2, 0.25) is 0 Å². The molecule has 1 N–H and O–H groups in total. The van der Waals surface area contributed by atoms with Gasteiger partial charge in [0.15, 0.2) is 0 Å². The van der Waals surface area contributed by atoms with Crippen LogP contribution in [0.25, 0.3) is 11.0 Å². The summed E-state index contributed by atoms with van der Waals surface area (Å²) >= 11 is 0. The van der Waals surface area contributed by atoms with Gasteiger partial charge < -0.3 is 9.73 Å². The third-order valence-corrected chi connectivity index (χ3v) is 3.83. The first-order chi connectivity index (χ1) is 11.0. The molecule has 4 nitrogen and oxygen atoms in total. The summed E-state index contributed by atoms with van der Waals surface area (Å²) < 4.78 is 5.64. The number of furan rings is 1. The van der Waals surface area contributed by atoms with E-state index in [-0.39, 0.29) is 11.3 Å². The average Bonchev–Trinajstić information content (AvgIpc) is 3.01. The molecule has 2 heterocycles. The fourth-order valence-corrected chi connectivity index (χ4v) is 2.62. The molecule has 0 spiro atoms. The minimum Gasteiger partial charge on any atom is -0.464 e. The molecule has 0 aliphatic carbocycles. The highest BCUT2D eigenvalue weighted by atomic mass is 16.3. The normalized spacial score (nSPS) is 11.6. The van der Waals surface area contributed by atoms with Crippen molar-refractivity contribution in [2.24, 2.45) is 0 Å². The number of hydrogen-bond acceptors (Lipinski definition) is 3. The molecule has 0 radical (unpaired) electrons. The Bertz CT molecular complexity index is 829. The Hall–Kier alpha value is -2.62. The van der Waals surface area contributed by atoms with E-state index in [0.29, 0.717) is 12.1 Å². The number of benzene rings is 1. The first kappa shape index (κ1) is 15.3. The molecule has 0 aliphatic heterocycles. The fraction of sp³-hybridized carbons (Fsp3) is 0.263. The maximum absolute atomic E-state index is 12.5. The van der Waals surface area contributed by atoms with Crippen molar-refractivity contribution in [2.45, 2.75) is 32.7 Å². The molecular weight excluding hydrogens is 288 g/mol. The van der Waals surface area contributed by atoms with Crippen molar-refractivity contribution in [1.82, 2.24) is 10.3 Å². The number of hydrogen-bond donors (Lipinski definition) is 1. The summed E-state index contributed by atoms with van der Waals surface area (Å²) in [7, 11) is 0. The number of nitrogens with one attached hydrogen (secondary N) is 1. The Labute approximate surface area is 135 Å². The summed E-state index contributed by atoms with van der Waals surface area (Å²) in [6, 6.07) is 11.3. The second kappa shape index (κ2) is 5.88. The summed E-state index contributed by atoms with van der Waals surface area (Å²) in [4.78, 5) is 16.7. The highest BCUT2D eigenvalue weighted by molar-refractivity contribution is 6.06. The fourth-order valence-electron chi connectivity index (χ4n) is 2.62. The summed E-state index contributed by atoms with van der Waals surface area (Å²) in [5.74, 6) is -0.123. The van der Waals surface area contributed by atoms with Gasteiger partial charge in [0.05, 0.1) is 24.1 Å². The van der Waals surface area contributed by atoms with Crippen LogP contribution in [0.1, 0.15) is 42.4 Å². The van der Waals surface area contributed by atoms with Crippen molar-refractivity contribution >= 4 is 16.9 Å². The third kappa shape index (κ3) is 3.11. The van der Waals surface area contributed by atoms with Crippen LogP contribution in [-0.4, -0.2) is 10.9 Å². The molecule has 0 saturated heterocycles. The third-order valence-electron chi connectivity index (χ3n) is 3.83. The molecule has 0 atom stereocenters. The Balaban J connectivity index is 1.88. The molecule has 4 heteroatoms. The second-order valence-electron chi connectivity index (χ2n) is 6.58. The van der Waals surface area contributed by atoms with Crippen molar-refractivity contribution in [3.63, 3.8) is 0 Å². The molecule has 0 bridgehead atoms. The van der Waals surface area contributed by atoms with Gasteiger partial charge in [-0.3, -0.25) is 9.78 Å². The Morgan fingerprint density at radius 1 is 1.17 bits per heavy atom. The van der Waals surface area contributed by atoms with Crippen LogP contribution in [0.15, 0.2) is 53.3 Å². The summed E-state index contributed by atoms with van der Waals surface area (Å²) in [6.45, 7) is 6.79. The van der Waals surface area contributed by atoms with Gasteiger partial charge in [-0.25, -0.2) is 0 Å². The molecule has 0 aliphatic rings. The SMILES string of the molecule is CC(C)(C)c1ccc(C(=O)NCc2ccccn2)c2ccoc12. The van der Waals surface area contributed by atoms with Crippen molar-refractivity contribution < 1.29 is 9.21 Å². The van der Waals surface area contributed by atoms with E-state index in [4.69, 9.17) is 4.42 Å². The van der Waals surface area contributed by atoms with Gasteiger partial charge in [-0.1, -0.05) is 32.9 Å².